The van der Waals surface area contributed by atoms with Crippen LogP contribution in [0.2, 0.25) is 0 Å². The second-order valence-corrected chi connectivity index (χ2v) is 7.04. The third-order valence-electron chi connectivity index (χ3n) is 5.51. The van der Waals surface area contributed by atoms with Crippen molar-refractivity contribution in [1.29, 1.82) is 0 Å². The molecule has 1 aromatic heterocycles. The standard InChI is InChI=1S/C20H22N2O4/c1-12(23)26-20(18-9-13-6-8-22(18)11-19(13)24)15-5-7-21-17-4-3-14(25-2)10-16(15)17/h3-5,7,10,13,18,20H,6,8-9,11H2,1-2H3/t13-,18-,20+/m0/s1. The van der Waals surface area contributed by atoms with Crippen LogP contribution in [0.5, 0.6) is 5.75 Å². The molecule has 5 rings (SSSR count). The number of rotatable bonds is 4. The molecule has 0 saturated carbocycles. The summed E-state index contributed by atoms with van der Waals surface area (Å²) in [6.45, 7) is 2.74. The Hall–Kier alpha value is -2.47. The maximum Gasteiger partial charge on any atom is 0.303 e. The lowest BCUT2D eigenvalue weighted by Crippen LogP contribution is -2.56. The summed E-state index contributed by atoms with van der Waals surface area (Å²) in [5, 5.41) is 0.909. The van der Waals surface area contributed by atoms with Gasteiger partial charge in [-0.05, 0) is 43.7 Å². The first kappa shape index (κ1) is 17.0. The molecule has 2 bridgehead atoms. The SMILES string of the molecule is COc1ccc2nccc([C@@H](OC(C)=O)[C@@H]3C[C@@H]4CCN3CC4=O)c2c1. The maximum absolute atomic E-state index is 12.1. The number of ketones is 1. The van der Waals surface area contributed by atoms with E-state index in [-0.39, 0.29) is 17.9 Å². The number of esters is 1. The number of methoxy groups -OCH3 is 1. The Kier molecular flexibility index (Phi) is 4.36. The zero-order chi connectivity index (χ0) is 18.3. The number of ether oxygens (including phenoxy) is 2. The molecular weight excluding hydrogens is 332 g/mol. The van der Waals surface area contributed by atoms with Crippen molar-refractivity contribution in [3.63, 3.8) is 0 Å². The summed E-state index contributed by atoms with van der Waals surface area (Å²) in [4.78, 5) is 30.5. The number of carbonyl (C=O) groups excluding carboxylic acids is 2. The van der Waals surface area contributed by atoms with Crippen molar-refractivity contribution in [2.24, 2.45) is 5.92 Å². The molecule has 4 heterocycles. The summed E-state index contributed by atoms with van der Waals surface area (Å²) in [6.07, 6.45) is 2.93. The first-order valence-corrected chi connectivity index (χ1v) is 8.93. The highest BCUT2D eigenvalue weighted by molar-refractivity contribution is 5.86. The maximum atomic E-state index is 12.1. The molecule has 0 spiro atoms. The van der Waals surface area contributed by atoms with Crippen molar-refractivity contribution < 1.29 is 19.1 Å². The molecule has 6 nitrogen and oxygen atoms in total. The lowest BCUT2D eigenvalue weighted by Gasteiger charge is -2.47. The number of aromatic nitrogens is 1. The third kappa shape index (κ3) is 2.94. The number of hydrogen-bond donors (Lipinski definition) is 0. The fourth-order valence-electron chi connectivity index (χ4n) is 4.23. The predicted octanol–water partition coefficient (Wildman–Crippen LogP) is 2.51. The minimum atomic E-state index is -0.430. The Morgan fingerprint density at radius 1 is 1.35 bits per heavy atom. The zero-order valence-electron chi connectivity index (χ0n) is 15.0. The molecule has 136 valence electrons. The number of Topliss-reactive ketones (excluding diaryl/α,β-unsaturated/α-hetero) is 1. The van der Waals surface area contributed by atoms with Gasteiger partial charge >= 0.3 is 5.97 Å². The van der Waals surface area contributed by atoms with E-state index in [1.165, 1.54) is 6.92 Å². The summed E-state index contributed by atoms with van der Waals surface area (Å²) in [5.74, 6) is 0.784. The van der Waals surface area contributed by atoms with Crippen molar-refractivity contribution in [2.45, 2.75) is 31.9 Å². The number of fused-ring (bicyclic) bond motifs is 4. The van der Waals surface area contributed by atoms with Gasteiger partial charge in [-0.15, -0.1) is 0 Å². The molecule has 0 amide bonds. The van der Waals surface area contributed by atoms with E-state index >= 15 is 0 Å². The van der Waals surface area contributed by atoms with Crippen LogP contribution < -0.4 is 4.74 Å². The Balaban J connectivity index is 1.79. The molecule has 3 aliphatic heterocycles. The fourth-order valence-corrected chi connectivity index (χ4v) is 4.23. The predicted molar refractivity (Wildman–Crippen MR) is 95.9 cm³/mol. The largest absolute Gasteiger partial charge is 0.497 e. The minimum Gasteiger partial charge on any atom is -0.497 e. The fraction of sp³-hybridized carbons (Fsp3) is 0.450. The van der Waals surface area contributed by atoms with Crippen molar-refractivity contribution in [2.75, 3.05) is 20.2 Å². The number of nitrogens with zero attached hydrogens (tertiary/aromatic N) is 2. The summed E-state index contributed by atoms with van der Waals surface area (Å²) in [6, 6.07) is 7.60. The van der Waals surface area contributed by atoms with Crippen molar-refractivity contribution in [3.8, 4) is 5.75 Å². The van der Waals surface area contributed by atoms with Gasteiger partial charge in [0.25, 0.3) is 0 Å². The van der Waals surface area contributed by atoms with Crippen LogP contribution in [-0.4, -0.2) is 47.9 Å². The molecule has 3 aliphatic rings. The van der Waals surface area contributed by atoms with E-state index in [0.29, 0.717) is 12.3 Å². The van der Waals surface area contributed by atoms with E-state index in [1.54, 1.807) is 13.3 Å². The van der Waals surface area contributed by atoms with Gasteiger partial charge in [0.2, 0.25) is 0 Å². The van der Waals surface area contributed by atoms with Crippen LogP contribution in [0.25, 0.3) is 10.9 Å². The molecule has 0 aliphatic carbocycles. The Morgan fingerprint density at radius 2 is 2.19 bits per heavy atom. The van der Waals surface area contributed by atoms with E-state index in [4.69, 9.17) is 9.47 Å². The van der Waals surface area contributed by atoms with Crippen LogP contribution in [0.1, 0.15) is 31.4 Å². The number of pyridine rings is 1. The highest BCUT2D eigenvalue weighted by Gasteiger charge is 2.44. The number of hydrogen-bond acceptors (Lipinski definition) is 6. The quantitative estimate of drug-likeness (QED) is 0.786. The topological polar surface area (TPSA) is 68.7 Å². The summed E-state index contributed by atoms with van der Waals surface area (Å²) >= 11 is 0. The third-order valence-corrected chi connectivity index (χ3v) is 5.51. The van der Waals surface area contributed by atoms with Gasteiger partial charge in [-0.1, -0.05) is 0 Å². The van der Waals surface area contributed by atoms with Crippen LogP contribution in [0.15, 0.2) is 30.5 Å². The second kappa shape index (κ2) is 6.68. The van der Waals surface area contributed by atoms with Gasteiger partial charge in [0.05, 0.1) is 25.2 Å². The monoisotopic (exact) mass is 354 g/mol. The molecule has 3 fully saturated rings. The Morgan fingerprint density at radius 3 is 2.85 bits per heavy atom. The average molecular weight is 354 g/mol. The van der Waals surface area contributed by atoms with E-state index < -0.39 is 6.10 Å². The van der Waals surface area contributed by atoms with Gasteiger partial charge in [0.15, 0.2) is 0 Å². The van der Waals surface area contributed by atoms with Gasteiger partial charge < -0.3 is 9.47 Å². The van der Waals surface area contributed by atoms with Crippen molar-refractivity contribution in [1.82, 2.24) is 9.88 Å². The molecule has 2 aromatic rings. The van der Waals surface area contributed by atoms with Crippen molar-refractivity contribution >= 4 is 22.7 Å². The summed E-state index contributed by atoms with van der Waals surface area (Å²) in [7, 11) is 1.62. The van der Waals surface area contributed by atoms with E-state index in [1.807, 2.05) is 24.3 Å². The second-order valence-electron chi connectivity index (χ2n) is 7.04. The first-order chi connectivity index (χ1) is 12.6. The zero-order valence-corrected chi connectivity index (χ0v) is 15.0. The molecule has 1 aromatic carbocycles. The number of benzene rings is 1. The van der Waals surface area contributed by atoms with E-state index in [0.717, 1.165) is 41.6 Å². The first-order valence-electron chi connectivity index (χ1n) is 8.93. The Bertz CT molecular complexity index is 866. The average Bonchev–Trinajstić information content (AvgIpc) is 2.65. The molecular formula is C20H22N2O4. The number of carbonyl (C=O) groups is 2. The van der Waals surface area contributed by atoms with E-state index in [9.17, 15) is 9.59 Å². The number of piperidine rings is 3. The molecule has 1 unspecified atom stereocenters. The van der Waals surface area contributed by atoms with Gasteiger partial charge in [-0.25, -0.2) is 0 Å². The lowest BCUT2D eigenvalue weighted by atomic mass is 9.79. The molecule has 0 N–H and O–H groups in total. The van der Waals surface area contributed by atoms with Crippen LogP contribution in [0, 0.1) is 5.92 Å². The van der Waals surface area contributed by atoms with Gasteiger partial charge in [0.1, 0.15) is 17.6 Å². The van der Waals surface area contributed by atoms with Crippen molar-refractivity contribution in [3.05, 3.63) is 36.0 Å². The summed E-state index contributed by atoms with van der Waals surface area (Å²) in [5.41, 5.74) is 1.74. The molecule has 6 heteroatoms. The highest BCUT2D eigenvalue weighted by atomic mass is 16.5. The van der Waals surface area contributed by atoms with Gasteiger partial charge in [0, 0.05) is 30.0 Å². The molecule has 0 radical (unpaired) electrons. The Labute approximate surface area is 152 Å². The smallest absolute Gasteiger partial charge is 0.303 e. The van der Waals surface area contributed by atoms with Crippen LogP contribution in [0.4, 0.5) is 0 Å². The van der Waals surface area contributed by atoms with Gasteiger partial charge in [-0.3, -0.25) is 19.5 Å². The summed E-state index contributed by atoms with van der Waals surface area (Å²) < 4.78 is 11.1. The molecule has 3 saturated heterocycles. The molecule has 26 heavy (non-hydrogen) atoms. The van der Waals surface area contributed by atoms with Crippen LogP contribution >= 0.6 is 0 Å². The molecule has 4 atom stereocenters. The lowest BCUT2D eigenvalue weighted by molar-refractivity contribution is -0.155. The highest BCUT2D eigenvalue weighted by Crippen LogP contribution is 2.40. The van der Waals surface area contributed by atoms with E-state index in [2.05, 4.69) is 9.88 Å². The minimum absolute atomic E-state index is 0.00662. The van der Waals surface area contributed by atoms with Crippen LogP contribution in [-0.2, 0) is 14.3 Å². The van der Waals surface area contributed by atoms with Crippen LogP contribution in [0.3, 0.4) is 0 Å². The normalized spacial score (nSPS) is 25.9. The van der Waals surface area contributed by atoms with Gasteiger partial charge in [-0.2, -0.15) is 0 Å².